The van der Waals surface area contributed by atoms with Crippen molar-refractivity contribution in [3.8, 4) is 0 Å². The molecule has 60 valence electrons. The molecule has 0 amide bonds. The highest BCUT2D eigenvalue weighted by Gasteiger charge is 1.88. The van der Waals surface area contributed by atoms with E-state index in [1.165, 1.54) is 0 Å². The smallest absolute Gasteiger partial charge is 0.0889 e. The van der Waals surface area contributed by atoms with Crippen LogP contribution in [0, 0.1) is 0 Å². The van der Waals surface area contributed by atoms with Crippen LogP contribution >= 0.6 is 12.4 Å². The lowest BCUT2D eigenvalue weighted by atomic mass is 10.3. The molecule has 0 saturated heterocycles. The van der Waals surface area contributed by atoms with Crippen LogP contribution in [-0.4, -0.2) is 25.6 Å². The average molecular weight is 164 g/mol. The molecule has 4 heteroatoms. The number of hydrogen-bond acceptors (Lipinski definition) is 3. The van der Waals surface area contributed by atoms with E-state index in [4.69, 9.17) is 5.73 Å². The molecule has 0 aliphatic rings. The minimum Gasteiger partial charge on any atom is -0.328 e. The average Bonchev–Trinajstić information content (AvgIpc) is 1.80. The van der Waals surface area contributed by atoms with Crippen molar-refractivity contribution in [3.05, 3.63) is 0 Å². The van der Waals surface area contributed by atoms with Gasteiger partial charge in [0.1, 0.15) is 0 Å². The van der Waals surface area contributed by atoms with Crippen LogP contribution in [0.2, 0.25) is 0 Å². The van der Waals surface area contributed by atoms with Crippen LogP contribution in [0.15, 0.2) is 9.98 Å². The zero-order valence-electron chi connectivity index (χ0n) is 6.37. The fourth-order valence-corrected chi connectivity index (χ4v) is 0.389. The van der Waals surface area contributed by atoms with Gasteiger partial charge >= 0.3 is 0 Å². The Bertz CT molecular complexity index is 116. The first-order valence-electron chi connectivity index (χ1n) is 3.03. The third kappa shape index (κ3) is 10.6. The van der Waals surface area contributed by atoms with Gasteiger partial charge in [-0.05, 0) is 13.3 Å². The van der Waals surface area contributed by atoms with E-state index in [2.05, 4.69) is 16.0 Å². The Morgan fingerprint density at radius 1 is 1.60 bits per heavy atom. The molecule has 2 N–H and O–H groups in total. The molecule has 10 heavy (non-hydrogen) atoms. The molecule has 0 aliphatic heterocycles. The van der Waals surface area contributed by atoms with Crippen LogP contribution in [0.1, 0.15) is 13.3 Å². The molecule has 0 bridgehead atoms. The van der Waals surface area contributed by atoms with Crippen LogP contribution in [0.5, 0.6) is 0 Å². The van der Waals surface area contributed by atoms with E-state index < -0.39 is 0 Å². The summed E-state index contributed by atoms with van der Waals surface area (Å²) in [6.07, 6.45) is 0.905. The van der Waals surface area contributed by atoms with Crippen LogP contribution < -0.4 is 5.73 Å². The van der Waals surface area contributed by atoms with Gasteiger partial charge in [-0.3, -0.25) is 0 Å². The van der Waals surface area contributed by atoms with Gasteiger partial charge in [0, 0.05) is 13.1 Å². The minimum atomic E-state index is 0. The molecule has 0 heterocycles. The first-order valence-corrected chi connectivity index (χ1v) is 3.03. The number of hydrogen-bond donors (Lipinski definition) is 1. The van der Waals surface area contributed by atoms with E-state index in [1.807, 2.05) is 6.92 Å². The molecular weight excluding hydrogens is 150 g/mol. The summed E-state index contributed by atoms with van der Waals surface area (Å²) in [4.78, 5) is 7.41. The maximum absolute atomic E-state index is 5.46. The molecule has 0 radical (unpaired) electrons. The Balaban J connectivity index is 0. The maximum Gasteiger partial charge on any atom is 0.0889 e. The summed E-state index contributed by atoms with van der Waals surface area (Å²) >= 11 is 0. The Kier molecular flexibility index (Phi) is 10.6. The van der Waals surface area contributed by atoms with Crippen molar-refractivity contribution >= 4 is 18.4 Å². The van der Waals surface area contributed by atoms with E-state index in [0.717, 1.165) is 13.0 Å². The molecule has 3 nitrogen and oxygen atoms in total. The summed E-state index contributed by atoms with van der Waals surface area (Å²) in [5.41, 5.74) is 5.46. The third-order valence-corrected chi connectivity index (χ3v) is 0.867. The molecule has 1 atom stereocenters. The van der Waals surface area contributed by atoms with Crippen molar-refractivity contribution in [2.24, 2.45) is 15.7 Å². The molecule has 0 saturated carbocycles. The minimum absolute atomic E-state index is 0. The van der Waals surface area contributed by atoms with Gasteiger partial charge in [0.05, 0.1) is 12.6 Å². The first-order chi connectivity index (χ1) is 4.27. The van der Waals surface area contributed by atoms with E-state index >= 15 is 0 Å². The number of aliphatic imine (C=N–C) groups is 2. The molecule has 0 rings (SSSR count). The third-order valence-electron chi connectivity index (χ3n) is 0.867. The van der Waals surface area contributed by atoms with Gasteiger partial charge < -0.3 is 5.73 Å². The van der Waals surface area contributed by atoms with E-state index in [9.17, 15) is 0 Å². The fourth-order valence-electron chi connectivity index (χ4n) is 0.389. The van der Waals surface area contributed by atoms with Crippen LogP contribution in [0.25, 0.3) is 0 Å². The number of nitrogens with zero attached hydrogens (tertiary/aromatic N) is 2. The lowest BCUT2D eigenvalue weighted by Gasteiger charge is -1.97. The van der Waals surface area contributed by atoms with Gasteiger partial charge in [0.25, 0.3) is 0 Å². The van der Waals surface area contributed by atoms with Gasteiger partial charge in [-0.1, -0.05) is 0 Å². The van der Waals surface area contributed by atoms with Gasteiger partial charge in [0.2, 0.25) is 0 Å². The van der Waals surface area contributed by atoms with Gasteiger partial charge in [0.15, 0.2) is 0 Å². The summed E-state index contributed by atoms with van der Waals surface area (Å²) in [7, 11) is 1.65. The fraction of sp³-hybridized carbons (Fsp3) is 0.833. The van der Waals surface area contributed by atoms with Crippen molar-refractivity contribution in [3.63, 3.8) is 0 Å². The Morgan fingerprint density at radius 3 is 2.60 bits per heavy atom. The Morgan fingerprint density at radius 2 is 2.20 bits per heavy atom. The highest BCUT2D eigenvalue weighted by Crippen LogP contribution is 1.84. The summed E-state index contributed by atoms with van der Waals surface area (Å²) in [5, 5.41) is 0. The predicted octanol–water partition coefficient (Wildman–Crippen LogP) is 0.949. The topological polar surface area (TPSA) is 50.7 Å². The highest BCUT2D eigenvalue weighted by molar-refractivity contribution is 5.85. The lowest BCUT2D eigenvalue weighted by molar-refractivity contribution is 0.678. The summed E-state index contributed by atoms with van der Waals surface area (Å²) in [6, 6.07) is 2.73. The second kappa shape index (κ2) is 8.63. The number of rotatable bonds is 3. The molecule has 0 aromatic carbocycles. The van der Waals surface area contributed by atoms with E-state index in [-0.39, 0.29) is 18.4 Å². The number of nitrogens with two attached hydrogens (primary N) is 1. The van der Waals surface area contributed by atoms with E-state index in [0.29, 0.717) is 0 Å². The zero-order chi connectivity index (χ0) is 7.11. The zero-order valence-corrected chi connectivity index (χ0v) is 7.19. The van der Waals surface area contributed by atoms with Crippen LogP contribution in [0.3, 0.4) is 0 Å². The standard InChI is InChI=1S/C6H13N3.ClH/c1-6(7)3-4-9-5-8-2;/h6H,3-4,7H2,1-2H3;1H. The van der Waals surface area contributed by atoms with Crippen molar-refractivity contribution in [1.82, 2.24) is 0 Å². The Labute approximate surface area is 67.8 Å². The predicted molar refractivity (Wildman–Crippen MR) is 46.2 cm³/mol. The second-order valence-corrected chi connectivity index (χ2v) is 1.97. The molecule has 0 aliphatic carbocycles. The van der Waals surface area contributed by atoms with Gasteiger partial charge in [-0.2, -0.15) is 0 Å². The van der Waals surface area contributed by atoms with Crippen LogP contribution in [0.4, 0.5) is 0 Å². The SMILES string of the molecule is CN=C=NCCC(C)N.Cl. The lowest BCUT2D eigenvalue weighted by Crippen LogP contribution is -2.15. The molecular formula is C6H14ClN3. The molecule has 0 fully saturated rings. The second-order valence-electron chi connectivity index (χ2n) is 1.97. The van der Waals surface area contributed by atoms with Crippen LogP contribution in [-0.2, 0) is 0 Å². The van der Waals surface area contributed by atoms with Crippen molar-refractivity contribution in [1.29, 1.82) is 0 Å². The molecule has 0 aromatic heterocycles. The highest BCUT2D eigenvalue weighted by atomic mass is 35.5. The molecule has 0 spiro atoms. The van der Waals surface area contributed by atoms with E-state index in [1.54, 1.807) is 7.05 Å². The van der Waals surface area contributed by atoms with Crippen molar-refractivity contribution in [2.75, 3.05) is 13.6 Å². The van der Waals surface area contributed by atoms with Gasteiger partial charge in [-0.15, -0.1) is 12.4 Å². The monoisotopic (exact) mass is 163 g/mol. The largest absolute Gasteiger partial charge is 0.328 e. The maximum atomic E-state index is 5.46. The summed E-state index contributed by atoms with van der Waals surface area (Å²) in [5.74, 6) is 0. The molecule has 0 aromatic rings. The molecule has 1 unspecified atom stereocenters. The van der Waals surface area contributed by atoms with Crippen molar-refractivity contribution < 1.29 is 0 Å². The summed E-state index contributed by atoms with van der Waals surface area (Å²) in [6.45, 7) is 2.69. The van der Waals surface area contributed by atoms with Gasteiger partial charge in [-0.25, -0.2) is 9.98 Å². The number of halogens is 1. The summed E-state index contributed by atoms with van der Waals surface area (Å²) < 4.78 is 0. The first kappa shape index (κ1) is 12.3. The Hall–Kier alpha value is -0.370. The quantitative estimate of drug-likeness (QED) is 0.619. The normalized spacial score (nSPS) is 10.7. The van der Waals surface area contributed by atoms with Crippen molar-refractivity contribution in [2.45, 2.75) is 19.4 Å².